The Hall–Kier alpha value is -2.34. The van der Waals surface area contributed by atoms with Gasteiger partial charge in [0.25, 0.3) is 0 Å². The van der Waals surface area contributed by atoms with Crippen LogP contribution in [0.15, 0.2) is 48.5 Å². The number of carboxylic acid groups (broad SMARTS) is 1. The Balaban J connectivity index is 2.02. The van der Waals surface area contributed by atoms with Crippen LogP contribution in [0, 0.1) is 0 Å². The van der Waals surface area contributed by atoms with Gasteiger partial charge in [0, 0.05) is 18.3 Å². The van der Waals surface area contributed by atoms with E-state index in [0.29, 0.717) is 23.6 Å². The van der Waals surface area contributed by atoms with Gasteiger partial charge in [-0.15, -0.1) is 0 Å². The number of hydrogen-bond acceptors (Lipinski definition) is 3. The average Bonchev–Trinajstić information content (AvgIpc) is 2.59. The van der Waals surface area contributed by atoms with Crippen LogP contribution in [-0.4, -0.2) is 29.4 Å². The first-order chi connectivity index (χ1) is 11.0. The largest absolute Gasteiger partial charge is 0.489 e. The maximum atomic E-state index is 11.5. The van der Waals surface area contributed by atoms with E-state index in [1.807, 2.05) is 6.07 Å². The molecule has 0 bridgehead atoms. The summed E-state index contributed by atoms with van der Waals surface area (Å²) in [7, 11) is 1.49. The zero-order valence-corrected chi connectivity index (χ0v) is 14.1. The fraction of sp³-hybridized carbons (Fsp3) is 0.176. The fourth-order valence-corrected chi connectivity index (χ4v) is 2.27. The summed E-state index contributed by atoms with van der Waals surface area (Å²) in [6, 6.07) is 14.0. The van der Waals surface area contributed by atoms with Crippen molar-refractivity contribution >= 4 is 33.5 Å². The summed E-state index contributed by atoms with van der Waals surface area (Å²) in [4.78, 5) is 23.6. The van der Waals surface area contributed by atoms with Gasteiger partial charge in [-0.05, 0) is 42.0 Å². The lowest BCUT2D eigenvalue weighted by molar-refractivity contribution is 0.102. The molecule has 1 N–H and O–H groups in total. The van der Waals surface area contributed by atoms with Crippen molar-refractivity contribution in [3.8, 4) is 5.75 Å². The van der Waals surface area contributed by atoms with E-state index in [1.54, 1.807) is 42.5 Å². The number of benzene rings is 2. The molecule has 0 aliphatic rings. The average molecular weight is 378 g/mol. The Labute approximate surface area is 142 Å². The lowest BCUT2D eigenvalue weighted by atomic mass is 10.1. The number of carbonyl (C=O) groups is 2. The summed E-state index contributed by atoms with van der Waals surface area (Å²) in [6.45, 7) is 0.313. The van der Waals surface area contributed by atoms with Gasteiger partial charge in [-0.25, -0.2) is 4.79 Å². The Kier molecular flexibility index (Phi) is 5.76. The molecule has 0 fully saturated rings. The molecule has 5 nitrogen and oxygen atoms in total. The molecule has 0 aliphatic heterocycles. The minimum atomic E-state index is -1.02. The number of ketones is 1. The number of nitrogens with zero attached hydrogens (tertiary/aromatic N) is 1. The van der Waals surface area contributed by atoms with Crippen molar-refractivity contribution in [1.29, 1.82) is 0 Å². The van der Waals surface area contributed by atoms with Gasteiger partial charge in [0.1, 0.15) is 12.4 Å². The number of halogens is 1. The van der Waals surface area contributed by atoms with Gasteiger partial charge >= 0.3 is 6.09 Å². The van der Waals surface area contributed by atoms with E-state index in [2.05, 4.69) is 15.9 Å². The van der Waals surface area contributed by atoms with E-state index in [0.717, 1.165) is 10.5 Å². The highest BCUT2D eigenvalue weighted by Crippen LogP contribution is 2.18. The predicted octanol–water partition coefficient (Wildman–Crippen LogP) is 3.96. The third-order valence-corrected chi connectivity index (χ3v) is 3.80. The molecule has 1 amide bonds. The van der Waals surface area contributed by atoms with Crippen LogP contribution >= 0.6 is 15.9 Å². The standard InChI is InChI=1S/C17H16BrNO4/c1-19(17(21)22)14-4-2-3-12(9-14)11-23-15-7-5-13(6-8-15)16(20)10-18/h2-9H,10-11H2,1H3,(H,21,22). The smallest absolute Gasteiger partial charge is 0.411 e. The molecule has 0 spiro atoms. The van der Waals surface area contributed by atoms with E-state index >= 15 is 0 Å². The van der Waals surface area contributed by atoms with Crippen LogP contribution in [0.2, 0.25) is 0 Å². The fourth-order valence-electron chi connectivity index (χ4n) is 1.95. The van der Waals surface area contributed by atoms with Crippen molar-refractivity contribution in [2.75, 3.05) is 17.3 Å². The van der Waals surface area contributed by atoms with E-state index in [4.69, 9.17) is 9.84 Å². The summed E-state index contributed by atoms with van der Waals surface area (Å²) < 4.78 is 5.67. The molecule has 0 atom stereocenters. The number of alkyl halides is 1. The molecule has 0 aromatic heterocycles. The van der Waals surface area contributed by atoms with E-state index in [1.165, 1.54) is 7.05 Å². The van der Waals surface area contributed by atoms with E-state index < -0.39 is 6.09 Å². The van der Waals surface area contributed by atoms with Gasteiger partial charge in [-0.1, -0.05) is 28.1 Å². The lowest BCUT2D eigenvalue weighted by Crippen LogP contribution is -2.23. The lowest BCUT2D eigenvalue weighted by Gasteiger charge is -2.14. The Bertz CT molecular complexity index is 700. The van der Waals surface area contributed by atoms with Gasteiger partial charge in [0.2, 0.25) is 0 Å². The van der Waals surface area contributed by atoms with Gasteiger partial charge in [-0.3, -0.25) is 9.69 Å². The highest BCUT2D eigenvalue weighted by molar-refractivity contribution is 9.09. The van der Waals surface area contributed by atoms with Crippen molar-refractivity contribution in [2.45, 2.75) is 6.61 Å². The van der Waals surface area contributed by atoms with E-state index in [9.17, 15) is 9.59 Å². The first kappa shape index (κ1) is 17.0. The molecular weight excluding hydrogens is 362 g/mol. The zero-order chi connectivity index (χ0) is 16.8. The van der Waals surface area contributed by atoms with Crippen molar-refractivity contribution < 1.29 is 19.4 Å². The predicted molar refractivity (Wildman–Crippen MR) is 91.8 cm³/mol. The van der Waals surface area contributed by atoms with E-state index in [-0.39, 0.29) is 11.1 Å². The topological polar surface area (TPSA) is 66.8 Å². The number of anilines is 1. The van der Waals surface area contributed by atoms with Crippen molar-refractivity contribution in [1.82, 2.24) is 0 Å². The SMILES string of the molecule is CN(C(=O)O)c1cccc(COc2ccc(C(=O)CBr)cc2)c1. The summed E-state index contributed by atoms with van der Waals surface area (Å²) in [5, 5.41) is 9.28. The Morgan fingerprint density at radius 2 is 1.87 bits per heavy atom. The van der Waals surface area contributed by atoms with Crippen LogP contribution in [0.25, 0.3) is 0 Å². The summed E-state index contributed by atoms with van der Waals surface area (Å²) >= 11 is 3.13. The number of rotatable bonds is 6. The van der Waals surface area contributed by atoms with Crippen molar-refractivity contribution in [3.63, 3.8) is 0 Å². The second-order valence-electron chi connectivity index (χ2n) is 4.88. The molecule has 23 heavy (non-hydrogen) atoms. The minimum absolute atomic E-state index is 0.0148. The van der Waals surface area contributed by atoms with Gasteiger partial charge < -0.3 is 9.84 Å². The number of carbonyl (C=O) groups excluding carboxylic acids is 1. The molecule has 0 radical (unpaired) electrons. The molecule has 6 heteroatoms. The van der Waals surface area contributed by atoms with Crippen molar-refractivity contribution in [2.24, 2.45) is 0 Å². The molecule has 120 valence electrons. The van der Waals surface area contributed by atoms with Gasteiger partial charge in [0.05, 0.1) is 5.33 Å². The highest BCUT2D eigenvalue weighted by Gasteiger charge is 2.09. The molecule has 0 saturated carbocycles. The quantitative estimate of drug-likeness (QED) is 0.611. The summed E-state index contributed by atoms with van der Waals surface area (Å²) in [5.74, 6) is 0.661. The normalized spacial score (nSPS) is 10.2. The van der Waals surface area contributed by atoms with Crippen LogP contribution in [-0.2, 0) is 6.61 Å². The maximum absolute atomic E-state index is 11.5. The Morgan fingerprint density at radius 1 is 1.17 bits per heavy atom. The van der Waals surface area contributed by atoms with Crippen molar-refractivity contribution in [3.05, 3.63) is 59.7 Å². The molecule has 0 saturated heterocycles. The third-order valence-electron chi connectivity index (χ3n) is 3.29. The van der Waals surface area contributed by atoms with Crippen LogP contribution in [0.3, 0.4) is 0 Å². The van der Waals surface area contributed by atoms with Crippen LogP contribution in [0.4, 0.5) is 10.5 Å². The first-order valence-electron chi connectivity index (χ1n) is 6.89. The maximum Gasteiger partial charge on any atom is 0.411 e. The second-order valence-corrected chi connectivity index (χ2v) is 5.44. The number of amides is 1. The monoisotopic (exact) mass is 377 g/mol. The first-order valence-corrected chi connectivity index (χ1v) is 8.01. The minimum Gasteiger partial charge on any atom is -0.489 e. The number of ether oxygens (including phenoxy) is 1. The molecule has 2 aromatic carbocycles. The number of hydrogen-bond donors (Lipinski definition) is 1. The van der Waals surface area contributed by atoms with Gasteiger partial charge in [0.15, 0.2) is 5.78 Å². The zero-order valence-electron chi connectivity index (χ0n) is 12.5. The third kappa shape index (κ3) is 4.56. The summed E-state index contributed by atoms with van der Waals surface area (Å²) in [5.41, 5.74) is 2.06. The Morgan fingerprint density at radius 3 is 2.48 bits per heavy atom. The van der Waals surface area contributed by atoms with Gasteiger partial charge in [-0.2, -0.15) is 0 Å². The molecule has 2 aromatic rings. The summed E-state index contributed by atoms with van der Waals surface area (Å²) in [6.07, 6.45) is -1.02. The van der Waals surface area contributed by atoms with Crippen LogP contribution in [0.1, 0.15) is 15.9 Å². The molecule has 0 aliphatic carbocycles. The van der Waals surface area contributed by atoms with Crippen LogP contribution in [0.5, 0.6) is 5.75 Å². The van der Waals surface area contributed by atoms with Crippen LogP contribution < -0.4 is 9.64 Å². The molecule has 2 rings (SSSR count). The number of Topliss-reactive ketones (excluding diaryl/α,β-unsaturated/α-hetero) is 1. The highest BCUT2D eigenvalue weighted by atomic mass is 79.9. The molecule has 0 unspecified atom stereocenters. The second kappa shape index (κ2) is 7.78. The molecular formula is C17H16BrNO4. The molecule has 0 heterocycles.